The van der Waals surface area contributed by atoms with Crippen LogP contribution in [0.2, 0.25) is 0 Å². The van der Waals surface area contributed by atoms with Crippen molar-refractivity contribution >= 4 is 0 Å². The second-order valence-corrected chi connectivity index (χ2v) is 4.22. The summed E-state index contributed by atoms with van der Waals surface area (Å²) in [7, 11) is 1.64. The first-order valence-electron chi connectivity index (χ1n) is 5.56. The first-order valence-corrected chi connectivity index (χ1v) is 5.56. The molecule has 1 N–H and O–H groups in total. The van der Waals surface area contributed by atoms with Crippen molar-refractivity contribution in [2.24, 2.45) is 0 Å². The molecule has 0 radical (unpaired) electrons. The molecule has 2 heteroatoms. The van der Waals surface area contributed by atoms with Gasteiger partial charge in [0.2, 0.25) is 0 Å². The van der Waals surface area contributed by atoms with E-state index < -0.39 is 0 Å². The van der Waals surface area contributed by atoms with Gasteiger partial charge in [0.1, 0.15) is 11.5 Å². The van der Waals surface area contributed by atoms with Gasteiger partial charge < -0.3 is 9.84 Å². The summed E-state index contributed by atoms with van der Waals surface area (Å²) in [6.07, 6.45) is 0. The zero-order chi connectivity index (χ0) is 12.4. The summed E-state index contributed by atoms with van der Waals surface area (Å²) in [6, 6.07) is 11.5. The Morgan fingerprint density at radius 1 is 0.882 bits per heavy atom. The molecule has 88 valence electrons. The fourth-order valence-corrected chi connectivity index (χ4v) is 1.90. The van der Waals surface area contributed by atoms with Gasteiger partial charge in [-0.15, -0.1) is 0 Å². The average Bonchev–Trinajstić information content (AvgIpc) is 2.32. The first kappa shape index (κ1) is 11.5. The third-order valence-electron chi connectivity index (χ3n) is 2.80. The number of phenols is 1. The molecule has 0 spiro atoms. The summed E-state index contributed by atoms with van der Waals surface area (Å²) >= 11 is 0. The highest BCUT2D eigenvalue weighted by molar-refractivity contribution is 5.76. The minimum Gasteiger partial charge on any atom is -0.507 e. The van der Waals surface area contributed by atoms with Crippen molar-refractivity contribution < 1.29 is 9.84 Å². The van der Waals surface area contributed by atoms with Crippen LogP contribution in [0.1, 0.15) is 11.1 Å². The Balaban J connectivity index is 2.66. The number of ether oxygens (including phenoxy) is 1. The largest absolute Gasteiger partial charge is 0.507 e. The number of aryl methyl sites for hydroxylation is 2. The number of aromatic hydroxyl groups is 1. The SMILES string of the molecule is COc1ccc(C)cc1-c1cc(C)ccc1O. The molecule has 0 fully saturated rings. The number of rotatable bonds is 2. The molecular formula is C15H16O2. The van der Waals surface area contributed by atoms with Gasteiger partial charge >= 0.3 is 0 Å². The van der Waals surface area contributed by atoms with Crippen LogP contribution in [0.3, 0.4) is 0 Å². The summed E-state index contributed by atoms with van der Waals surface area (Å²) in [4.78, 5) is 0. The molecular weight excluding hydrogens is 212 g/mol. The minimum absolute atomic E-state index is 0.277. The maximum Gasteiger partial charge on any atom is 0.126 e. The van der Waals surface area contributed by atoms with Crippen molar-refractivity contribution in [3.05, 3.63) is 47.5 Å². The van der Waals surface area contributed by atoms with Gasteiger partial charge in [-0.1, -0.05) is 23.3 Å². The topological polar surface area (TPSA) is 29.5 Å². The molecule has 0 aliphatic rings. The minimum atomic E-state index is 0.277. The van der Waals surface area contributed by atoms with Gasteiger partial charge in [-0.05, 0) is 38.1 Å². The Morgan fingerprint density at radius 2 is 1.47 bits per heavy atom. The van der Waals surface area contributed by atoms with E-state index in [9.17, 15) is 5.11 Å². The predicted octanol–water partition coefficient (Wildman–Crippen LogP) is 3.68. The second kappa shape index (κ2) is 4.50. The predicted molar refractivity (Wildman–Crippen MR) is 69.6 cm³/mol. The summed E-state index contributed by atoms with van der Waals surface area (Å²) in [5.74, 6) is 1.05. The van der Waals surface area contributed by atoms with Crippen LogP contribution in [0.25, 0.3) is 11.1 Å². The highest BCUT2D eigenvalue weighted by Crippen LogP contribution is 2.36. The van der Waals surface area contributed by atoms with Crippen LogP contribution in [0, 0.1) is 13.8 Å². The van der Waals surface area contributed by atoms with E-state index >= 15 is 0 Å². The van der Waals surface area contributed by atoms with Crippen LogP contribution in [0.15, 0.2) is 36.4 Å². The van der Waals surface area contributed by atoms with E-state index in [-0.39, 0.29) is 5.75 Å². The summed E-state index contributed by atoms with van der Waals surface area (Å²) in [5.41, 5.74) is 3.99. The van der Waals surface area contributed by atoms with E-state index in [0.29, 0.717) is 0 Å². The highest BCUT2D eigenvalue weighted by atomic mass is 16.5. The van der Waals surface area contributed by atoms with E-state index in [0.717, 1.165) is 28.0 Å². The summed E-state index contributed by atoms with van der Waals surface area (Å²) in [5, 5.41) is 9.94. The van der Waals surface area contributed by atoms with E-state index in [2.05, 4.69) is 0 Å². The lowest BCUT2D eigenvalue weighted by Gasteiger charge is -2.11. The Hall–Kier alpha value is -1.96. The number of methoxy groups -OCH3 is 1. The van der Waals surface area contributed by atoms with Crippen molar-refractivity contribution in [3.63, 3.8) is 0 Å². The second-order valence-electron chi connectivity index (χ2n) is 4.22. The van der Waals surface area contributed by atoms with Gasteiger partial charge in [0, 0.05) is 11.1 Å². The number of phenolic OH excluding ortho intramolecular Hbond substituents is 1. The fraction of sp³-hybridized carbons (Fsp3) is 0.200. The Bertz CT molecular complexity index is 545. The van der Waals surface area contributed by atoms with Crippen molar-refractivity contribution in [1.29, 1.82) is 0 Å². The number of hydrogen-bond donors (Lipinski definition) is 1. The van der Waals surface area contributed by atoms with Crippen molar-refractivity contribution in [2.75, 3.05) is 7.11 Å². The lowest BCUT2D eigenvalue weighted by molar-refractivity contribution is 0.415. The third kappa shape index (κ3) is 2.26. The molecule has 2 nitrogen and oxygen atoms in total. The monoisotopic (exact) mass is 228 g/mol. The maximum atomic E-state index is 9.94. The molecule has 2 rings (SSSR count). The smallest absolute Gasteiger partial charge is 0.126 e. The number of benzene rings is 2. The molecule has 0 aliphatic carbocycles. The van der Waals surface area contributed by atoms with Crippen molar-refractivity contribution in [1.82, 2.24) is 0 Å². The lowest BCUT2D eigenvalue weighted by atomic mass is 9.99. The van der Waals surface area contributed by atoms with Crippen LogP contribution in [0.4, 0.5) is 0 Å². The molecule has 17 heavy (non-hydrogen) atoms. The summed E-state index contributed by atoms with van der Waals surface area (Å²) < 4.78 is 5.34. The zero-order valence-electron chi connectivity index (χ0n) is 10.3. The van der Waals surface area contributed by atoms with E-state index in [1.807, 2.05) is 44.2 Å². The van der Waals surface area contributed by atoms with Crippen LogP contribution in [-0.4, -0.2) is 12.2 Å². The molecule has 0 aromatic heterocycles. The van der Waals surface area contributed by atoms with E-state index in [1.54, 1.807) is 13.2 Å². The van der Waals surface area contributed by atoms with Crippen LogP contribution < -0.4 is 4.74 Å². The highest BCUT2D eigenvalue weighted by Gasteiger charge is 2.10. The van der Waals surface area contributed by atoms with E-state index in [1.165, 1.54) is 0 Å². The molecule has 0 heterocycles. The molecule has 0 amide bonds. The molecule has 0 atom stereocenters. The van der Waals surface area contributed by atoms with Crippen molar-refractivity contribution in [3.8, 4) is 22.6 Å². The standard InChI is InChI=1S/C15H16O2/c1-10-4-6-14(16)12(8-10)13-9-11(2)5-7-15(13)17-3/h4-9,16H,1-3H3. The molecule has 0 aliphatic heterocycles. The van der Waals surface area contributed by atoms with Gasteiger partial charge in [-0.25, -0.2) is 0 Å². The van der Waals surface area contributed by atoms with Gasteiger partial charge in [0.05, 0.1) is 7.11 Å². The fourth-order valence-electron chi connectivity index (χ4n) is 1.90. The van der Waals surface area contributed by atoms with Gasteiger partial charge in [0.15, 0.2) is 0 Å². The third-order valence-corrected chi connectivity index (χ3v) is 2.80. The molecule has 2 aromatic carbocycles. The molecule has 0 bridgehead atoms. The van der Waals surface area contributed by atoms with Gasteiger partial charge in [-0.3, -0.25) is 0 Å². The van der Waals surface area contributed by atoms with Crippen molar-refractivity contribution in [2.45, 2.75) is 13.8 Å². The lowest BCUT2D eigenvalue weighted by Crippen LogP contribution is -1.90. The van der Waals surface area contributed by atoms with Gasteiger partial charge in [-0.2, -0.15) is 0 Å². The van der Waals surface area contributed by atoms with Gasteiger partial charge in [0.25, 0.3) is 0 Å². The maximum absolute atomic E-state index is 9.94. The van der Waals surface area contributed by atoms with E-state index in [4.69, 9.17) is 4.74 Å². The normalized spacial score (nSPS) is 10.3. The Labute approximate surface area is 101 Å². The van der Waals surface area contributed by atoms with Crippen LogP contribution in [0.5, 0.6) is 11.5 Å². The Morgan fingerprint density at radius 3 is 2.12 bits per heavy atom. The summed E-state index contributed by atoms with van der Waals surface area (Å²) in [6.45, 7) is 4.03. The molecule has 0 saturated carbocycles. The average molecular weight is 228 g/mol. The molecule has 0 saturated heterocycles. The zero-order valence-corrected chi connectivity index (χ0v) is 10.3. The quantitative estimate of drug-likeness (QED) is 0.849. The first-order chi connectivity index (χ1) is 8.11. The Kier molecular flexibility index (Phi) is 3.05. The van der Waals surface area contributed by atoms with Crippen LogP contribution in [-0.2, 0) is 0 Å². The molecule has 2 aromatic rings. The molecule has 0 unspecified atom stereocenters. The number of hydrogen-bond acceptors (Lipinski definition) is 2. The van der Waals surface area contributed by atoms with Crippen LogP contribution >= 0.6 is 0 Å².